The van der Waals surface area contributed by atoms with Crippen LogP contribution >= 0.6 is 14.3 Å². The highest BCUT2D eigenvalue weighted by Crippen LogP contribution is 2.70. The van der Waals surface area contributed by atoms with E-state index in [1.54, 1.807) is 0 Å². The molecule has 4 atom stereocenters. The van der Waals surface area contributed by atoms with E-state index in [4.69, 9.17) is 0 Å². The first kappa shape index (κ1) is 24.3. The Labute approximate surface area is 185 Å². The Kier molecular flexibility index (Phi) is 7.22. The minimum atomic E-state index is -2.67. The maximum Gasteiger partial charge on any atom is 0.122 e. The van der Waals surface area contributed by atoms with Crippen LogP contribution in [-0.4, -0.2) is 22.6 Å². The lowest BCUT2D eigenvalue weighted by Crippen LogP contribution is -2.37. The fourth-order valence-corrected chi connectivity index (χ4v) is 17.3. The normalized spacial score (nSPS) is 30.8. The lowest BCUT2D eigenvalue weighted by atomic mass is 10.0. The standard InChI is InChI=1S/C26H44O2P2/c1-17(2)21-13-14-22(18(3)4)29(21,27)25-11-9-10-12-26(25)30(28)23(19(5)6)15-16-24(30)20(7)8/h9-12,17-24H,13-16H2,1-8H3/t21-,22-,23-,24-/m0/s1. The summed E-state index contributed by atoms with van der Waals surface area (Å²) in [5, 5.41) is 2.00. The molecule has 3 rings (SSSR count). The van der Waals surface area contributed by atoms with Gasteiger partial charge in [-0.3, -0.25) is 0 Å². The second-order valence-corrected chi connectivity index (χ2v) is 17.8. The second kappa shape index (κ2) is 8.90. The van der Waals surface area contributed by atoms with E-state index in [0.29, 0.717) is 23.7 Å². The van der Waals surface area contributed by atoms with Crippen LogP contribution in [0.2, 0.25) is 0 Å². The van der Waals surface area contributed by atoms with Crippen molar-refractivity contribution in [2.24, 2.45) is 23.7 Å². The average Bonchev–Trinajstić information content (AvgIpc) is 3.20. The molecule has 2 heterocycles. The van der Waals surface area contributed by atoms with Crippen molar-refractivity contribution in [3.63, 3.8) is 0 Å². The van der Waals surface area contributed by atoms with E-state index in [1.807, 2.05) is 12.1 Å². The van der Waals surface area contributed by atoms with E-state index in [-0.39, 0.29) is 22.6 Å². The molecule has 0 bridgehead atoms. The van der Waals surface area contributed by atoms with Crippen LogP contribution < -0.4 is 10.6 Å². The lowest BCUT2D eigenvalue weighted by Gasteiger charge is -2.37. The Morgan fingerprint density at radius 1 is 0.567 bits per heavy atom. The van der Waals surface area contributed by atoms with E-state index >= 15 is 9.13 Å². The summed E-state index contributed by atoms with van der Waals surface area (Å²) in [5.74, 6) is 1.55. The largest absolute Gasteiger partial charge is 0.318 e. The Bertz CT molecular complexity index is 730. The summed E-state index contributed by atoms with van der Waals surface area (Å²) < 4.78 is 30.2. The molecule has 0 aliphatic carbocycles. The Morgan fingerprint density at radius 3 is 1.00 bits per heavy atom. The van der Waals surface area contributed by atoms with Crippen molar-refractivity contribution in [1.29, 1.82) is 0 Å². The zero-order valence-electron chi connectivity index (χ0n) is 20.5. The molecular formula is C26H44O2P2. The minimum absolute atomic E-state index is 0.218. The van der Waals surface area contributed by atoms with E-state index in [0.717, 1.165) is 36.3 Å². The van der Waals surface area contributed by atoms with E-state index < -0.39 is 14.3 Å². The van der Waals surface area contributed by atoms with Crippen molar-refractivity contribution in [3.8, 4) is 0 Å². The summed E-state index contributed by atoms with van der Waals surface area (Å²) in [4.78, 5) is 0. The summed E-state index contributed by atoms with van der Waals surface area (Å²) in [6.07, 6.45) is 4.16. The smallest absolute Gasteiger partial charge is 0.122 e. The third kappa shape index (κ3) is 3.73. The summed E-state index contributed by atoms with van der Waals surface area (Å²) in [5.41, 5.74) is 0.871. The highest BCUT2D eigenvalue weighted by molar-refractivity contribution is 7.79. The van der Waals surface area contributed by atoms with Crippen LogP contribution in [-0.2, 0) is 9.13 Å². The van der Waals surface area contributed by atoms with Gasteiger partial charge in [0.05, 0.1) is 0 Å². The summed E-state index contributed by atoms with van der Waals surface area (Å²) in [6, 6.07) is 8.31. The number of hydrogen-bond acceptors (Lipinski definition) is 2. The molecule has 0 aromatic heterocycles. The predicted molar refractivity (Wildman–Crippen MR) is 134 cm³/mol. The first-order chi connectivity index (χ1) is 14.0. The van der Waals surface area contributed by atoms with Crippen LogP contribution in [0.5, 0.6) is 0 Å². The third-order valence-electron chi connectivity index (χ3n) is 8.20. The first-order valence-electron chi connectivity index (χ1n) is 12.3. The van der Waals surface area contributed by atoms with E-state index in [2.05, 4.69) is 67.5 Å². The Morgan fingerprint density at radius 2 is 0.800 bits per heavy atom. The van der Waals surface area contributed by atoms with Crippen LogP contribution in [0.1, 0.15) is 81.1 Å². The Balaban J connectivity index is 2.27. The first-order valence-corrected chi connectivity index (χ1v) is 15.9. The maximum absolute atomic E-state index is 15.1. The van der Waals surface area contributed by atoms with Crippen LogP contribution in [0.25, 0.3) is 0 Å². The van der Waals surface area contributed by atoms with Gasteiger partial charge in [0.1, 0.15) is 14.3 Å². The fourth-order valence-electron chi connectivity index (χ4n) is 6.82. The van der Waals surface area contributed by atoms with Crippen LogP contribution in [0, 0.1) is 23.7 Å². The highest BCUT2D eigenvalue weighted by Gasteiger charge is 2.55. The van der Waals surface area contributed by atoms with Gasteiger partial charge in [-0.05, 0) is 49.4 Å². The summed E-state index contributed by atoms with van der Waals surface area (Å²) in [7, 11) is -5.35. The van der Waals surface area contributed by atoms with Gasteiger partial charge in [-0.2, -0.15) is 0 Å². The van der Waals surface area contributed by atoms with Gasteiger partial charge in [-0.15, -0.1) is 0 Å². The highest BCUT2D eigenvalue weighted by atomic mass is 31.2. The lowest BCUT2D eigenvalue weighted by molar-refractivity contribution is 0.533. The molecule has 0 amide bonds. The molecule has 2 aliphatic heterocycles. The van der Waals surface area contributed by atoms with Crippen LogP contribution in [0.3, 0.4) is 0 Å². The van der Waals surface area contributed by atoms with Crippen molar-refractivity contribution < 1.29 is 9.13 Å². The van der Waals surface area contributed by atoms with Crippen molar-refractivity contribution >= 4 is 24.9 Å². The molecule has 30 heavy (non-hydrogen) atoms. The monoisotopic (exact) mass is 450 g/mol. The van der Waals surface area contributed by atoms with Crippen molar-refractivity contribution in [2.75, 3.05) is 0 Å². The van der Waals surface area contributed by atoms with Crippen molar-refractivity contribution in [2.45, 2.75) is 104 Å². The van der Waals surface area contributed by atoms with Crippen LogP contribution in [0.15, 0.2) is 24.3 Å². The summed E-state index contributed by atoms with van der Waals surface area (Å²) >= 11 is 0. The molecule has 1 aromatic carbocycles. The molecule has 170 valence electrons. The van der Waals surface area contributed by atoms with Gasteiger partial charge in [0.2, 0.25) is 0 Å². The van der Waals surface area contributed by atoms with Gasteiger partial charge >= 0.3 is 0 Å². The van der Waals surface area contributed by atoms with E-state index in [9.17, 15) is 0 Å². The van der Waals surface area contributed by atoms with Crippen molar-refractivity contribution in [1.82, 2.24) is 0 Å². The molecule has 2 aliphatic rings. The van der Waals surface area contributed by atoms with E-state index in [1.165, 1.54) is 0 Å². The molecule has 1 aromatic rings. The molecule has 0 spiro atoms. The maximum atomic E-state index is 15.1. The molecule has 2 fully saturated rings. The molecule has 0 radical (unpaired) electrons. The molecule has 0 saturated carbocycles. The van der Waals surface area contributed by atoms with Gasteiger partial charge < -0.3 is 9.13 Å². The molecule has 0 N–H and O–H groups in total. The van der Waals surface area contributed by atoms with Crippen LogP contribution in [0.4, 0.5) is 0 Å². The molecular weight excluding hydrogens is 406 g/mol. The molecule has 2 saturated heterocycles. The fraction of sp³-hybridized carbons (Fsp3) is 0.769. The topological polar surface area (TPSA) is 34.1 Å². The van der Waals surface area contributed by atoms with Gasteiger partial charge in [-0.1, -0.05) is 79.7 Å². The quantitative estimate of drug-likeness (QED) is 0.425. The molecule has 4 heteroatoms. The Hall–Kier alpha value is -0.320. The van der Waals surface area contributed by atoms with Gasteiger partial charge in [0, 0.05) is 33.2 Å². The zero-order valence-corrected chi connectivity index (χ0v) is 22.3. The molecule has 2 nitrogen and oxygen atoms in total. The number of benzene rings is 1. The third-order valence-corrected chi connectivity index (χ3v) is 18.0. The predicted octanol–water partition coefficient (Wildman–Crippen LogP) is 7.35. The summed E-state index contributed by atoms with van der Waals surface area (Å²) in [6.45, 7) is 17.8. The minimum Gasteiger partial charge on any atom is -0.318 e. The SMILES string of the molecule is CC(C)[C@@H]1CC[C@@H](C(C)C)P1(=O)c1ccccc1P1(=O)[C@H](C(C)C)CC[C@H]1C(C)C. The van der Waals surface area contributed by atoms with Gasteiger partial charge in [0.15, 0.2) is 0 Å². The van der Waals surface area contributed by atoms with Gasteiger partial charge in [0.25, 0.3) is 0 Å². The average molecular weight is 451 g/mol. The zero-order chi connectivity index (χ0) is 22.4. The number of hydrogen-bond donors (Lipinski definition) is 0. The van der Waals surface area contributed by atoms with Crippen molar-refractivity contribution in [3.05, 3.63) is 24.3 Å². The second-order valence-electron chi connectivity index (χ2n) is 11.3. The van der Waals surface area contributed by atoms with Gasteiger partial charge in [-0.25, -0.2) is 0 Å². The number of rotatable bonds is 6. The molecule has 0 unspecified atom stereocenters.